The second-order valence-electron chi connectivity index (χ2n) is 8.66. The third kappa shape index (κ3) is 11.7. The SMILES string of the molecule is O=C(O)CCC(NC(=O)NC(CCCCNC(=O)c1ccc(N=NCc2ccc(F)cc2)cc1)C(=O)O)C(=O)O. The van der Waals surface area contributed by atoms with Gasteiger partial charge in [0.1, 0.15) is 17.9 Å². The molecule has 0 radical (unpaired) electrons. The number of unbranched alkanes of at least 4 members (excludes halogenated alkanes) is 1. The fraction of sp³-hybridized carbons (Fsp3) is 0.346. The summed E-state index contributed by atoms with van der Waals surface area (Å²) in [6.45, 7) is 0.522. The highest BCUT2D eigenvalue weighted by Crippen LogP contribution is 2.15. The van der Waals surface area contributed by atoms with Crippen molar-refractivity contribution in [3.05, 3.63) is 65.5 Å². The van der Waals surface area contributed by atoms with Crippen LogP contribution in [0, 0.1) is 5.82 Å². The lowest BCUT2D eigenvalue weighted by Crippen LogP contribution is -2.51. The summed E-state index contributed by atoms with van der Waals surface area (Å²) in [5.41, 5.74) is 1.72. The summed E-state index contributed by atoms with van der Waals surface area (Å²) in [7, 11) is 0. The van der Waals surface area contributed by atoms with Gasteiger partial charge in [0.15, 0.2) is 0 Å². The van der Waals surface area contributed by atoms with Crippen molar-refractivity contribution in [2.45, 2.75) is 50.7 Å². The van der Waals surface area contributed by atoms with E-state index in [0.717, 1.165) is 5.56 Å². The Bertz CT molecular complexity index is 1200. The van der Waals surface area contributed by atoms with Crippen LogP contribution in [0.2, 0.25) is 0 Å². The molecule has 0 saturated heterocycles. The van der Waals surface area contributed by atoms with Crippen LogP contribution < -0.4 is 16.0 Å². The van der Waals surface area contributed by atoms with Crippen molar-refractivity contribution >= 4 is 35.5 Å². The number of nitrogens with zero attached hydrogens (tertiary/aromatic N) is 2. The zero-order chi connectivity index (χ0) is 29.5. The van der Waals surface area contributed by atoms with Crippen LogP contribution >= 0.6 is 0 Å². The van der Waals surface area contributed by atoms with Crippen molar-refractivity contribution in [1.82, 2.24) is 16.0 Å². The van der Waals surface area contributed by atoms with Gasteiger partial charge in [-0.15, -0.1) is 0 Å². The van der Waals surface area contributed by atoms with E-state index in [9.17, 15) is 33.5 Å². The summed E-state index contributed by atoms with van der Waals surface area (Å²) in [5.74, 6) is -4.68. The van der Waals surface area contributed by atoms with E-state index in [4.69, 9.17) is 10.2 Å². The number of carbonyl (C=O) groups excluding carboxylic acids is 2. The molecule has 0 aromatic heterocycles. The third-order valence-electron chi connectivity index (χ3n) is 5.54. The Morgan fingerprint density at radius 3 is 1.98 bits per heavy atom. The molecule has 40 heavy (non-hydrogen) atoms. The number of carboxylic acids is 3. The second-order valence-corrected chi connectivity index (χ2v) is 8.66. The number of halogens is 1. The second kappa shape index (κ2) is 16.2. The van der Waals surface area contributed by atoms with Crippen LogP contribution in [0.4, 0.5) is 14.9 Å². The zero-order valence-corrected chi connectivity index (χ0v) is 21.4. The molecule has 2 atom stereocenters. The number of hydrogen-bond donors (Lipinski definition) is 6. The quantitative estimate of drug-likeness (QED) is 0.133. The van der Waals surface area contributed by atoms with Crippen molar-refractivity contribution in [1.29, 1.82) is 0 Å². The van der Waals surface area contributed by atoms with E-state index in [2.05, 4.69) is 26.2 Å². The molecule has 2 rings (SSSR count). The van der Waals surface area contributed by atoms with Crippen LogP contribution in [-0.4, -0.2) is 63.8 Å². The van der Waals surface area contributed by atoms with Crippen LogP contribution in [0.5, 0.6) is 0 Å². The van der Waals surface area contributed by atoms with E-state index in [0.29, 0.717) is 24.1 Å². The van der Waals surface area contributed by atoms with Crippen molar-refractivity contribution in [2.24, 2.45) is 10.2 Å². The lowest BCUT2D eigenvalue weighted by molar-refractivity contribution is -0.140. The normalized spacial score (nSPS) is 12.3. The van der Waals surface area contributed by atoms with E-state index in [1.54, 1.807) is 36.4 Å². The molecule has 2 aromatic rings. The van der Waals surface area contributed by atoms with E-state index in [1.165, 1.54) is 12.1 Å². The summed E-state index contributed by atoms with van der Waals surface area (Å²) >= 11 is 0. The average molecular weight is 560 g/mol. The van der Waals surface area contributed by atoms with Crippen molar-refractivity contribution in [3.8, 4) is 0 Å². The Morgan fingerprint density at radius 1 is 0.800 bits per heavy atom. The van der Waals surface area contributed by atoms with Crippen molar-refractivity contribution < 1.29 is 43.7 Å². The summed E-state index contributed by atoms with van der Waals surface area (Å²) < 4.78 is 12.9. The lowest BCUT2D eigenvalue weighted by Gasteiger charge is -2.18. The first-order valence-electron chi connectivity index (χ1n) is 12.3. The smallest absolute Gasteiger partial charge is 0.326 e. The maximum Gasteiger partial charge on any atom is 0.326 e. The van der Waals surface area contributed by atoms with Gasteiger partial charge < -0.3 is 31.3 Å². The van der Waals surface area contributed by atoms with Gasteiger partial charge >= 0.3 is 23.9 Å². The molecule has 2 aromatic carbocycles. The number of rotatable bonds is 16. The number of hydrogen-bond acceptors (Lipinski definition) is 7. The molecule has 0 fully saturated rings. The number of carbonyl (C=O) groups is 5. The van der Waals surface area contributed by atoms with Gasteiger partial charge in [-0.3, -0.25) is 9.59 Å². The first-order valence-corrected chi connectivity index (χ1v) is 12.3. The largest absolute Gasteiger partial charge is 0.481 e. The van der Waals surface area contributed by atoms with Crippen LogP contribution in [0.25, 0.3) is 0 Å². The molecule has 0 heterocycles. The number of azo groups is 1. The van der Waals surface area contributed by atoms with E-state index in [-0.39, 0.29) is 37.7 Å². The predicted molar refractivity (Wildman–Crippen MR) is 139 cm³/mol. The highest BCUT2D eigenvalue weighted by molar-refractivity contribution is 5.94. The van der Waals surface area contributed by atoms with E-state index >= 15 is 0 Å². The molecule has 0 bridgehead atoms. The maximum absolute atomic E-state index is 12.9. The van der Waals surface area contributed by atoms with Gasteiger partial charge in [-0.05, 0) is 67.6 Å². The van der Waals surface area contributed by atoms with Crippen LogP contribution in [-0.2, 0) is 20.9 Å². The van der Waals surface area contributed by atoms with Gasteiger partial charge in [0.05, 0.1) is 12.2 Å². The van der Waals surface area contributed by atoms with Crippen LogP contribution in [0.1, 0.15) is 48.0 Å². The summed E-state index contributed by atoms with van der Waals surface area (Å²) in [5, 5.41) is 42.2. The molecule has 6 N–H and O–H groups in total. The predicted octanol–water partition coefficient (Wildman–Crippen LogP) is 3.08. The summed E-state index contributed by atoms with van der Waals surface area (Å²) in [4.78, 5) is 57.7. The Morgan fingerprint density at radius 2 is 1.40 bits per heavy atom. The number of benzene rings is 2. The van der Waals surface area contributed by atoms with Crippen LogP contribution in [0.15, 0.2) is 58.8 Å². The Balaban J connectivity index is 1.72. The summed E-state index contributed by atoms with van der Waals surface area (Å²) in [6.07, 6.45) is -0.0976. The van der Waals surface area contributed by atoms with E-state index in [1.807, 2.05) is 0 Å². The molecule has 14 heteroatoms. The molecular formula is C26H30FN5O8. The number of carboxylic acid groups (broad SMARTS) is 3. The minimum Gasteiger partial charge on any atom is -0.481 e. The van der Waals surface area contributed by atoms with Gasteiger partial charge in [0, 0.05) is 18.5 Å². The molecule has 3 amide bonds. The fourth-order valence-electron chi connectivity index (χ4n) is 3.39. The fourth-order valence-corrected chi connectivity index (χ4v) is 3.39. The molecule has 0 aliphatic rings. The van der Waals surface area contributed by atoms with Gasteiger partial charge in [0.25, 0.3) is 5.91 Å². The van der Waals surface area contributed by atoms with Gasteiger partial charge in [0.2, 0.25) is 0 Å². The molecule has 0 saturated carbocycles. The van der Waals surface area contributed by atoms with Gasteiger partial charge in [-0.2, -0.15) is 10.2 Å². The average Bonchev–Trinajstić information content (AvgIpc) is 2.91. The Hall–Kier alpha value is -4.88. The maximum atomic E-state index is 12.9. The highest BCUT2D eigenvalue weighted by Gasteiger charge is 2.24. The van der Waals surface area contributed by atoms with Crippen molar-refractivity contribution in [2.75, 3.05) is 6.54 Å². The molecule has 0 aliphatic carbocycles. The third-order valence-corrected chi connectivity index (χ3v) is 5.54. The minimum atomic E-state index is -1.49. The number of aliphatic carboxylic acids is 3. The highest BCUT2D eigenvalue weighted by atomic mass is 19.1. The van der Waals surface area contributed by atoms with E-state index < -0.39 is 42.4 Å². The molecule has 0 aliphatic heterocycles. The Labute approximate surface area is 228 Å². The topological polar surface area (TPSA) is 207 Å². The zero-order valence-electron chi connectivity index (χ0n) is 21.4. The number of urea groups is 1. The molecular weight excluding hydrogens is 529 g/mol. The first-order chi connectivity index (χ1) is 19.0. The molecule has 13 nitrogen and oxygen atoms in total. The van der Waals surface area contributed by atoms with Gasteiger partial charge in [-0.1, -0.05) is 12.1 Å². The Kier molecular flexibility index (Phi) is 12.7. The molecule has 214 valence electrons. The molecule has 2 unspecified atom stereocenters. The lowest BCUT2D eigenvalue weighted by atomic mass is 10.1. The van der Waals surface area contributed by atoms with Gasteiger partial charge in [-0.25, -0.2) is 18.8 Å². The molecule has 0 spiro atoms. The van der Waals surface area contributed by atoms with Crippen molar-refractivity contribution in [3.63, 3.8) is 0 Å². The van der Waals surface area contributed by atoms with Crippen LogP contribution in [0.3, 0.4) is 0 Å². The summed E-state index contributed by atoms with van der Waals surface area (Å²) in [6, 6.07) is 8.45. The first kappa shape index (κ1) is 31.3. The minimum absolute atomic E-state index is 0.0170. The number of nitrogens with one attached hydrogen (secondary N) is 3. The monoisotopic (exact) mass is 559 g/mol. The standard InChI is InChI=1S/C26H30FN5O8/c27-18-8-4-16(5-9-18)15-29-32-19-10-6-17(7-11-19)23(35)28-14-2-1-3-20(24(36)37)30-26(40)31-21(25(38)39)12-13-22(33)34/h4-11,20-21H,1-3,12-15H2,(H,28,35)(H,33,34)(H,36,37)(H,38,39)(H2,30,31,40). The number of amides is 3.